The standard InChI is InChI=1S/C28H33FN2O2/c1-3-32-26-17-21(18-27(33-4-2)28(26)23-8-10-25(29)11-9-23)20-31-15-12-22(13-16-31)24-7-5-6-14-30-19-24/h5-11,14,17-19,22,30H,3-4,12-13,15-16,20H2,1-2H3. The fourth-order valence-corrected chi connectivity index (χ4v) is 4.58. The van der Waals surface area contributed by atoms with Gasteiger partial charge in [-0.15, -0.1) is 0 Å². The second-order valence-corrected chi connectivity index (χ2v) is 8.42. The third-order valence-corrected chi connectivity index (χ3v) is 6.17. The molecule has 0 bridgehead atoms. The number of likely N-dealkylation sites (tertiary alicyclic amines) is 1. The summed E-state index contributed by atoms with van der Waals surface area (Å²) in [5.74, 6) is 1.90. The zero-order valence-corrected chi connectivity index (χ0v) is 19.5. The van der Waals surface area contributed by atoms with Crippen molar-refractivity contribution in [2.75, 3.05) is 26.3 Å². The van der Waals surface area contributed by atoms with Gasteiger partial charge in [0.1, 0.15) is 17.3 Å². The molecule has 2 aromatic carbocycles. The van der Waals surface area contributed by atoms with Crippen LogP contribution in [0, 0.1) is 11.7 Å². The summed E-state index contributed by atoms with van der Waals surface area (Å²) in [5, 5.41) is 3.24. The Kier molecular flexibility index (Phi) is 7.84. The van der Waals surface area contributed by atoms with E-state index >= 15 is 0 Å². The Morgan fingerprint density at radius 1 is 0.970 bits per heavy atom. The Labute approximate surface area is 196 Å². The van der Waals surface area contributed by atoms with Crippen molar-refractivity contribution in [2.24, 2.45) is 5.92 Å². The molecule has 2 heterocycles. The lowest BCUT2D eigenvalue weighted by Gasteiger charge is -2.32. The van der Waals surface area contributed by atoms with Gasteiger partial charge in [-0.1, -0.05) is 24.3 Å². The fourth-order valence-electron chi connectivity index (χ4n) is 4.58. The molecule has 0 atom stereocenters. The number of hydrogen-bond donors (Lipinski definition) is 1. The number of hydrogen-bond acceptors (Lipinski definition) is 4. The second kappa shape index (κ2) is 11.2. The van der Waals surface area contributed by atoms with Crippen LogP contribution in [0.25, 0.3) is 11.1 Å². The molecule has 0 radical (unpaired) electrons. The highest BCUT2D eigenvalue weighted by Gasteiger charge is 2.23. The van der Waals surface area contributed by atoms with Crippen LogP contribution >= 0.6 is 0 Å². The molecule has 0 aliphatic carbocycles. The zero-order valence-electron chi connectivity index (χ0n) is 19.5. The van der Waals surface area contributed by atoms with E-state index in [9.17, 15) is 4.39 Å². The normalized spacial score (nSPS) is 16.8. The molecular weight excluding hydrogens is 415 g/mol. The van der Waals surface area contributed by atoms with Gasteiger partial charge < -0.3 is 14.8 Å². The van der Waals surface area contributed by atoms with Crippen molar-refractivity contribution in [1.82, 2.24) is 10.2 Å². The van der Waals surface area contributed by atoms with Crippen molar-refractivity contribution in [1.29, 1.82) is 0 Å². The molecule has 4 rings (SSSR count). The van der Waals surface area contributed by atoms with E-state index < -0.39 is 0 Å². The van der Waals surface area contributed by atoms with Crippen LogP contribution in [-0.2, 0) is 6.54 Å². The smallest absolute Gasteiger partial charge is 0.131 e. The summed E-state index contributed by atoms with van der Waals surface area (Å²) in [6.45, 7) is 8.03. The lowest BCUT2D eigenvalue weighted by atomic mass is 9.89. The molecule has 5 heteroatoms. The summed E-state index contributed by atoms with van der Waals surface area (Å²) in [4.78, 5) is 2.50. The van der Waals surface area contributed by atoms with Crippen LogP contribution in [-0.4, -0.2) is 31.2 Å². The lowest BCUT2D eigenvalue weighted by Crippen LogP contribution is -2.33. The van der Waals surface area contributed by atoms with Gasteiger partial charge in [0.05, 0.1) is 18.8 Å². The van der Waals surface area contributed by atoms with E-state index in [1.54, 1.807) is 12.1 Å². The van der Waals surface area contributed by atoms with Gasteiger partial charge in [0.2, 0.25) is 0 Å². The summed E-state index contributed by atoms with van der Waals surface area (Å²) >= 11 is 0. The van der Waals surface area contributed by atoms with Gasteiger partial charge >= 0.3 is 0 Å². The fraction of sp³-hybridized carbons (Fsp3) is 0.357. The van der Waals surface area contributed by atoms with Crippen molar-refractivity contribution in [3.05, 3.63) is 84.0 Å². The van der Waals surface area contributed by atoms with Crippen LogP contribution in [0.15, 0.2) is 72.6 Å². The first kappa shape index (κ1) is 23.1. The minimum absolute atomic E-state index is 0.253. The molecule has 33 heavy (non-hydrogen) atoms. The first-order valence-corrected chi connectivity index (χ1v) is 11.9. The van der Waals surface area contributed by atoms with Crippen LogP contribution in [0.2, 0.25) is 0 Å². The Bertz CT molecular complexity index is 992. The Balaban J connectivity index is 1.52. The highest BCUT2D eigenvalue weighted by Crippen LogP contribution is 2.40. The monoisotopic (exact) mass is 448 g/mol. The number of piperidine rings is 1. The van der Waals surface area contributed by atoms with E-state index in [0.29, 0.717) is 19.1 Å². The Morgan fingerprint density at radius 2 is 1.64 bits per heavy atom. The van der Waals surface area contributed by atoms with Crippen LogP contribution < -0.4 is 14.8 Å². The molecule has 0 aromatic heterocycles. The molecule has 0 saturated carbocycles. The molecule has 174 valence electrons. The largest absolute Gasteiger partial charge is 0.493 e. The van der Waals surface area contributed by atoms with E-state index in [1.807, 2.05) is 26.1 Å². The SMILES string of the molecule is CCOc1cc(CN2CCC(C3=CNC=CC=C3)CC2)cc(OCC)c1-c1ccc(F)cc1. The van der Waals surface area contributed by atoms with Gasteiger partial charge in [-0.25, -0.2) is 4.39 Å². The molecular formula is C28H33FN2O2. The number of benzene rings is 2. The lowest BCUT2D eigenvalue weighted by molar-refractivity contribution is 0.192. The van der Waals surface area contributed by atoms with Crippen LogP contribution in [0.4, 0.5) is 4.39 Å². The third-order valence-electron chi connectivity index (χ3n) is 6.17. The minimum atomic E-state index is -0.253. The van der Waals surface area contributed by atoms with Gasteiger partial charge in [0, 0.05) is 18.9 Å². The number of ether oxygens (including phenoxy) is 2. The van der Waals surface area contributed by atoms with Crippen molar-refractivity contribution in [3.63, 3.8) is 0 Å². The predicted molar refractivity (Wildman–Crippen MR) is 132 cm³/mol. The number of rotatable bonds is 8. The summed E-state index contributed by atoms with van der Waals surface area (Å²) < 4.78 is 25.6. The van der Waals surface area contributed by atoms with Crippen molar-refractivity contribution in [3.8, 4) is 22.6 Å². The molecule has 0 unspecified atom stereocenters. The van der Waals surface area contributed by atoms with E-state index in [-0.39, 0.29) is 5.82 Å². The topological polar surface area (TPSA) is 33.7 Å². The molecule has 2 aliphatic heterocycles. The van der Waals surface area contributed by atoms with E-state index in [1.165, 1.54) is 23.3 Å². The average Bonchev–Trinajstić information content (AvgIpc) is 3.11. The van der Waals surface area contributed by atoms with Gasteiger partial charge in [-0.3, -0.25) is 4.90 Å². The highest BCUT2D eigenvalue weighted by molar-refractivity contribution is 5.77. The molecule has 0 amide bonds. The van der Waals surface area contributed by atoms with Crippen molar-refractivity contribution in [2.45, 2.75) is 33.2 Å². The molecule has 0 spiro atoms. The molecule has 1 N–H and O–H groups in total. The molecule has 1 saturated heterocycles. The van der Waals surface area contributed by atoms with Crippen LogP contribution in [0.5, 0.6) is 11.5 Å². The molecule has 4 nitrogen and oxygen atoms in total. The van der Waals surface area contributed by atoms with Crippen molar-refractivity contribution >= 4 is 0 Å². The maximum Gasteiger partial charge on any atom is 0.131 e. The van der Waals surface area contributed by atoms with Crippen LogP contribution in [0.3, 0.4) is 0 Å². The van der Waals surface area contributed by atoms with Crippen molar-refractivity contribution < 1.29 is 13.9 Å². The molecule has 2 aromatic rings. The van der Waals surface area contributed by atoms with Gasteiger partial charge in [0.25, 0.3) is 0 Å². The summed E-state index contributed by atoms with van der Waals surface area (Å²) in [6, 6.07) is 10.7. The molecule has 2 aliphatic rings. The van der Waals surface area contributed by atoms with Gasteiger partial charge in [-0.05, 0) is 92.7 Å². The Morgan fingerprint density at radius 3 is 2.27 bits per heavy atom. The number of halogens is 1. The third kappa shape index (κ3) is 5.85. The first-order valence-electron chi connectivity index (χ1n) is 11.9. The maximum absolute atomic E-state index is 13.5. The number of allylic oxidation sites excluding steroid dienone is 4. The average molecular weight is 449 g/mol. The summed E-state index contributed by atoms with van der Waals surface area (Å²) in [6.07, 6.45) is 12.7. The predicted octanol–water partition coefficient (Wildman–Crippen LogP) is 6.06. The Hall–Kier alpha value is -3.05. The number of nitrogens with zero attached hydrogens (tertiary/aromatic N) is 1. The first-order chi connectivity index (χ1) is 16.2. The summed E-state index contributed by atoms with van der Waals surface area (Å²) in [7, 11) is 0. The molecule has 1 fully saturated rings. The summed E-state index contributed by atoms with van der Waals surface area (Å²) in [5.41, 5.74) is 4.32. The highest BCUT2D eigenvalue weighted by atomic mass is 19.1. The van der Waals surface area contributed by atoms with Gasteiger partial charge in [0.15, 0.2) is 0 Å². The van der Waals surface area contributed by atoms with E-state index in [4.69, 9.17) is 9.47 Å². The second-order valence-electron chi connectivity index (χ2n) is 8.42. The van der Waals surface area contributed by atoms with Crippen LogP contribution in [0.1, 0.15) is 32.3 Å². The minimum Gasteiger partial charge on any atom is -0.493 e. The maximum atomic E-state index is 13.5. The number of nitrogens with one attached hydrogen (secondary N) is 1. The van der Waals surface area contributed by atoms with E-state index in [0.717, 1.165) is 55.1 Å². The quantitative estimate of drug-likeness (QED) is 0.532. The zero-order chi connectivity index (χ0) is 23.0. The van der Waals surface area contributed by atoms with E-state index in [2.05, 4.69) is 40.7 Å². The van der Waals surface area contributed by atoms with Gasteiger partial charge in [-0.2, -0.15) is 0 Å².